The minimum Gasteiger partial charge on any atom is -0.493 e. The second-order valence-electron chi connectivity index (χ2n) is 10.5. The molecule has 0 aliphatic carbocycles. The number of nitrogens with zero attached hydrogens (tertiary/aromatic N) is 1. The maximum atomic E-state index is 13.4. The van der Waals surface area contributed by atoms with Crippen molar-refractivity contribution in [3.05, 3.63) is 94.4 Å². The van der Waals surface area contributed by atoms with Crippen LogP contribution in [0.2, 0.25) is 5.02 Å². The summed E-state index contributed by atoms with van der Waals surface area (Å²) in [7, 11) is 0. The Morgan fingerprint density at radius 3 is 2.58 bits per heavy atom. The number of fused-ring (bicyclic) bond motifs is 3. The lowest BCUT2D eigenvalue weighted by atomic mass is 9.92. The van der Waals surface area contributed by atoms with E-state index in [9.17, 15) is 9.18 Å². The number of rotatable bonds is 6. The number of H-pyrrole nitrogens is 1. The fraction of sp³-hybridized carbons (Fsp3) is 0.323. The van der Waals surface area contributed by atoms with Gasteiger partial charge in [0, 0.05) is 34.6 Å². The van der Waals surface area contributed by atoms with Crippen LogP contribution in [0.5, 0.6) is 11.5 Å². The number of hydrogen-bond acceptors (Lipinski definition) is 5. The fourth-order valence-electron chi connectivity index (χ4n) is 5.43. The van der Waals surface area contributed by atoms with Gasteiger partial charge in [-0.15, -0.1) is 0 Å². The summed E-state index contributed by atoms with van der Waals surface area (Å²) in [5.41, 5.74) is 3.88. The Balaban J connectivity index is 1.25. The van der Waals surface area contributed by atoms with Gasteiger partial charge in [-0.25, -0.2) is 9.18 Å². The number of hydrogen-bond donors (Lipinski definition) is 1. The van der Waals surface area contributed by atoms with Crippen LogP contribution in [0.4, 0.5) is 9.18 Å². The average Bonchev–Trinajstić information content (AvgIpc) is 3.48. The minimum atomic E-state index is -0.553. The van der Waals surface area contributed by atoms with Crippen LogP contribution in [0.1, 0.15) is 43.1 Å². The van der Waals surface area contributed by atoms with Gasteiger partial charge >= 0.3 is 6.09 Å². The molecule has 0 spiro atoms. The molecule has 3 aromatic carbocycles. The third-order valence-electron chi connectivity index (χ3n) is 7.31. The van der Waals surface area contributed by atoms with Crippen molar-refractivity contribution in [3.8, 4) is 11.5 Å². The van der Waals surface area contributed by atoms with E-state index in [2.05, 4.69) is 4.98 Å². The molecule has 2 atom stereocenters. The van der Waals surface area contributed by atoms with E-state index in [4.69, 9.17) is 30.5 Å². The van der Waals surface area contributed by atoms with Gasteiger partial charge in [0.2, 0.25) is 0 Å². The molecule has 9 heteroatoms. The summed E-state index contributed by atoms with van der Waals surface area (Å²) >= 11 is 6.31. The van der Waals surface area contributed by atoms with E-state index in [1.165, 1.54) is 24.3 Å². The molecule has 0 saturated carbocycles. The van der Waals surface area contributed by atoms with Gasteiger partial charge in [-0.2, -0.15) is 0 Å². The predicted molar refractivity (Wildman–Crippen MR) is 149 cm³/mol. The van der Waals surface area contributed by atoms with Gasteiger partial charge in [-0.1, -0.05) is 23.7 Å². The zero-order valence-electron chi connectivity index (χ0n) is 22.3. The summed E-state index contributed by atoms with van der Waals surface area (Å²) in [5.74, 6) is 0.0558. The smallest absolute Gasteiger partial charge is 0.416 e. The summed E-state index contributed by atoms with van der Waals surface area (Å²) in [6.45, 7) is 5.30. The molecule has 7 nitrogen and oxygen atoms in total. The molecule has 4 aromatic rings. The highest BCUT2D eigenvalue weighted by atomic mass is 35.5. The van der Waals surface area contributed by atoms with Crippen molar-refractivity contribution in [2.45, 2.75) is 44.6 Å². The molecule has 1 N–H and O–H groups in total. The lowest BCUT2D eigenvalue weighted by molar-refractivity contribution is -0.139. The van der Waals surface area contributed by atoms with Gasteiger partial charge in [0.15, 0.2) is 5.79 Å². The molecule has 2 aliphatic rings. The van der Waals surface area contributed by atoms with E-state index < -0.39 is 23.7 Å². The summed E-state index contributed by atoms with van der Waals surface area (Å²) in [6.07, 6.45) is 0.847. The summed E-state index contributed by atoms with van der Waals surface area (Å²) < 4.78 is 36.5. The number of ether oxygens (including phenoxy) is 4. The van der Waals surface area contributed by atoms with E-state index in [0.29, 0.717) is 31.2 Å². The van der Waals surface area contributed by atoms with E-state index in [-0.39, 0.29) is 11.9 Å². The number of nitrogens with one attached hydrogen (secondary N) is 1. The first-order valence-corrected chi connectivity index (χ1v) is 13.7. The number of amides is 1. The molecular weight excluding hydrogens is 535 g/mol. The molecule has 1 unspecified atom stereocenters. The first-order valence-electron chi connectivity index (χ1n) is 13.3. The SMILES string of the molecule is CC1(C)OC[C@H](CCOc2ccc(C3c4[nH]c5ccc(Cl)cc5c4CCN3C(=O)Oc3ccc(F)cc3)cc2)O1. The molecule has 6 rings (SSSR count). The van der Waals surface area contributed by atoms with Crippen LogP contribution < -0.4 is 9.47 Å². The second kappa shape index (κ2) is 10.8. The van der Waals surface area contributed by atoms with Crippen LogP contribution in [-0.2, 0) is 15.9 Å². The molecule has 0 bridgehead atoms. The van der Waals surface area contributed by atoms with E-state index in [1.807, 2.05) is 56.3 Å². The van der Waals surface area contributed by atoms with Crippen molar-refractivity contribution in [2.24, 2.45) is 0 Å². The predicted octanol–water partition coefficient (Wildman–Crippen LogP) is 7.03. The molecule has 1 fully saturated rings. The van der Waals surface area contributed by atoms with Crippen molar-refractivity contribution in [1.29, 1.82) is 0 Å². The number of benzene rings is 3. The van der Waals surface area contributed by atoms with Crippen LogP contribution in [0.15, 0.2) is 66.7 Å². The monoisotopic (exact) mass is 564 g/mol. The van der Waals surface area contributed by atoms with Crippen molar-refractivity contribution in [1.82, 2.24) is 9.88 Å². The molecular formula is C31H30ClFN2O5. The topological polar surface area (TPSA) is 73.0 Å². The number of aromatic nitrogens is 1. The van der Waals surface area contributed by atoms with Gasteiger partial charge in [-0.05, 0) is 86.0 Å². The normalized spacial score (nSPS) is 19.9. The first-order chi connectivity index (χ1) is 19.3. The van der Waals surface area contributed by atoms with Crippen molar-refractivity contribution >= 4 is 28.6 Å². The fourth-order valence-corrected chi connectivity index (χ4v) is 5.60. The molecule has 0 radical (unpaired) electrons. The summed E-state index contributed by atoms with van der Waals surface area (Å²) in [4.78, 5) is 18.6. The highest BCUT2D eigenvalue weighted by Gasteiger charge is 2.36. The summed E-state index contributed by atoms with van der Waals surface area (Å²) in [5, 5.41) is 1.70. The first kappa shape index (κ1) is 26.6. The lowest BCUT2D eigenvalue weighted by Crippen LogP contribution is -2.42. The number of halogens is 2. The lowest BCUT2D eigenvalue weighted by Gasteiger charge is -2.35. The average molecular weight is 565 g/mol. The largest absolute Gasteiger partial charge is 0.493 e. The Labute approximate surface area is 236 Å². The molecule has 3 heterocycles. The van der Waals surface area contributed by atoms with Crippen molar-refractivity contribution < 1.29 is 28.1 Å². The Hall–Kier alpha value is -3.59. The maximum absolute atomic E-state index is 13.4. The molecule has 1 aromatic heterocycles. The zero-order valence-corrected chi connectivity index (χ0v) is 23.0. The molecule has 1 saturated heterocycles. The third kappa shape index (κ3) is 5.52. The minimum absolute atomic E-state index is 0.00567. The quantitative estimate of drug-likeness (QED) is 0.272. The highest BCUT2D eigenvalue weighted by Crippen LogP contribution is 2.40. The standard InChI is InChI=1S/C31H30ClFN2O5/c1-31(2)38-18-24(40-31)14-16-37-22-8-3-19(4-9-22)29-28-25(26-17-20(32)5-12-27(26)34-28)13-15-35(29)30(36)39-23-10-6-21(33)7-11-23/h3-12,17,24,29,34H,13-16,18H2,1-2H3/t24-,29?/m0/s1. The van der Waals surface area contributed by atoms with Crippen LogP contribution in [0, 0.1) is 5.82 Å². The van der Waals surface area contributed by atoms with Crippen LogP contribution >= 0.6 is 11.6 Å². The Morgan fingerprint density at radius 2 is 1.85 bits per heavy atom. The van der Waals surface area contributed by atoms with Crippen molar-refractivity contribution in [2.75, 3.05) is 19.8 Å². The number of aromatic amines is 1. The maximum Gasteiger partial charge on any atom is 0.416 e. The van der Waals surface area contributed by atoms with Crippen LogP contribution in [-0.4, -0.2) is 47.6 Å². The van der Waals surface area contributed by atoms with Crippen LogP contribution in [0.25, 0.3) is 10.9 Å². The molecule has 40 heavy (non-hydrogen) atoms. The Kier molecular flexibility index (Phi) is 7.16. The Bertz CT molecular complexity index is 1520. The highest BCUT2D eigenvalue weighted by molar-refractivity contribution is 6.31. The van der Waals surface area contributed by atoms with Gasteiger partial charge < -0.3 is 23.9 Å². The Morgan fingerprint density at radius 1 is 1.10 bits per heavy atom. The van der Waals surface area contributed by atoms with E-state index >= 15 is 0 Å². The third-order valence-corrected chi connectivity index (χ3v) is 7.55. The van der Waals surface area contributed by atoms with E-state index in [1.54, 1.807) is 4.90 Å². The zero-order chi connectivity index (χ0) is 27.9. The second-order valence-corrected chi connectivity index (χ2v) is 11.0. The van der Waals surface area contributed by atoms with Crippen LogP contribution in [0.3, 0.4) is 0 Å². The number of carbonyl (C=O) groups is 1. The van der Waals surface area contributed by atoms with Gasteiger partial charge in [-0.3, -0.25) is 4.90 Å². The summed E-state index contributed by atoms with van der Waals surface area (Å²) in [6, 6.07) is 18.5. The van der Waals surface area contributed by atoms with E-state index in [0.717, 1.165) is 39.9 Å². The van der Waals surface area contributed by atoms with Gasteiger partial charge in [0.05, 0.1) is 19.3 Å². The number of carbonyl (C=O) groups excluding carboxylic acids is 1. The molecule has 1 amide bonds. The molecule has 208 valence electrons. The van der Waals surface area contributed by atoms with Gasteiger partial charge in [0.1, 0.15) is 23.4 Å². The van der Waals surface area contributed by atoms with Gasteiger partial charge in [0.25, 0.3) is 0 Å². The van der Waals surface area contributed by atoms with Crippen molar-refractivity contribution in [3.63, 3.8) is 0 Å². The molecule has 2 aliphatic heterocycles.